The summed E-state index contributed by atoms with van der Waals surface area (Å²) in [7, 11) is 4.10. The highest BCUT2D eigenvalue weighted by Gasteiger charge is 2.27. The van der Waals surface area contributed by atoms with Gasteiger partial charge in [0, 0.05) is 12.5 Å². The van der Waals surface area contributed by atoms with Crippen molar-refractivity contribution in [1.29, 1.82) is 0 Å². The van der Waals surface area contributed by atoms with Gasteiger partial charge >= 0.3 is 0 Å². The third-order valence-corrected chi connectivity index (χ3v) is 3.25. The Hall–Kier alpha value is -0.940. The molecule has 16 heavy (non-hydrogen) atoms. The van der Waals surface area contributed by atoms with Gasteiger partial charge in [0.1, 0.15) is 5.69 Å². The molecule has 0 radical (unpaired) electrons. The van der Waals surface area contributed by atoms with Crippen molar-refractivity contribution in [2.24, 2.45) is 0 Å². The SMILES string of the molecule is CN(C)CCn1nnc(CO)c1C1CCC1. The van der Waals surface area contributed by atoms with Gasteiger partial charge in [-0.3, -0.25) is 0 Å². The number of likely N-dealkylation sites (N-methyl/N-ethyl adjacent to an activating group) is 1. The molecular formula is C11H20N4O. The molecule has 1 aliphatic carbocycles. The quantitative estimate of drug-likeness (QED) is 0.795. The molecule has 0 saturated heterocycles. The van der Waals surface area contributed by atoms with E-state index in [-0.39, 0.29) is 6.61 Å². The minimum Gasteiger partial charge on any atom is -0.390 e. The fourth-order valence-electron chi connectivity index (χ4n) is 2.06. The number of aromatic nitrogens is 3. The largest absolute Gasteiger partial charge is 0.390 e. The third-order valence-electron chi connectivity index (χ3n) is 3.25. The van der Waals surface area contributed by atoms with E-state index in [1.807, 2.05) is 18.8 Å². The monoisotopic (exact) mass is 224 g/mol. The molecular weight excluding hydrogens is 204 g/mol. The maximum atomic E-state index is 9.25. The summed E-state index contributed by atoms with van der Waals surface area (Å²) in [6, 6.07) is 0. The summed E-state index contributed by atoms with van der Waals surface area (Å²) in [5.74, 6) is 0.569. The molecule has 0 atom stereocenters. The molecule has 0 aromatic carbocycles. The van der Waals surface area contributed by atoms with E-state index in [4.69, 9.17) is 0 Å². The van der Waals surface area contributed by atoms with E-state index in [1.54, 1.807) is 0 Å². The van der Waals surface area contributed by atoms with Gasteiger partial charge in [0.15, 0.2) is 0 Å². The molecule has 1 aromatic rings. The van der Waals surface area contributed by atoms with Crippen molar-refractivity contribution in [3.8, 4) is 0 Å². The molecule has 1 aromatic heterocycles. The summed E-state index contributed by atoms with van der Waals surface area (Å²) >= 11 is 0. The lowest BCUT2D eigenvalue weighted by Crippen LogP contribution is -2.23. The Balaban J connectivity index is 2.13. The lowest BCUT2D eigenvalue weighted by atomic mass is 9.82. The van der Waals surface area contributed by atoms with E-state index in [9.17, 15) is 5.11 Å². The normalized spacial score (nSPS) is 16.8. The van der Waals surface area contributed by atoms with Crippen LogP contribution >= 0.6 is 0 Å². The molecule has 5 heteroatoms. The molecule has 0 aliphatic heterocycles. The molecule has 0 bridgehead atoms. The molecule has 1 saturated carbocycles. The molecule has 5 nitrogen and oxygen atoms in total. The standard InChI is InChI=1S/C11H20N4O/c1-14(2)6-7-15-11(9-4-3-5-9)10(8-16)12-13-15/h9,16H,3-8H2,1-2H3. The highest BCUT2D eigenvalue weighted by Crippen LogP contribution is 2.37. The van der Waals surface area contributed by atoms with Crippen molar-refractivity contribution in [3.05, 3.63) is 11.4 Å². The zero-order valence-corrected chi connectivity index (χ0v) is 10.1. The van der Waals surface area contributed by atoms with Gasteiger partial charge in [-0.15, -0.1) is 5.10 Å². The highest BCUT2D eigenvalue weighted by molar-refractivity contribution is 5.17. The lowest BCUT2D eigenvalue weighted by molar-refractivity contribution is 0.271. The number of hydrogen-bond donors (Lipinski definition) is 1. The van der Waals surface area contributed by atoms with Gasteiger partial charge in [-0.1, -0.05) is 11.6 Å². The third kappa shape index (κ3) is 2.25. The topological polar surface area (TPSA) is 54.2 Å². The average molecular weight is 224 g/mol. The Labute approximate surface area is 96.1 Å². The van der Waals surface area contributed by atoms with Crippen LogP contribution in [0.25, 0.3) is 0 Å². The van der Waals surface area contributed by atoms with Crippen molar-refractivity contribution in [2.45, 2.75) is 38.3 Å². The molecule has 0 unspecified atom stereocenters. The van der Waals surface area contributed by atoms with E-state index in [0.717, 1.165) is 24.5 Å². The number of aliphatic hydroxyl groups is 1. The van der Waals surface area contributed by atoms with E-state index in [2.05, 4.69) is 15.2 Å². The van der Waals surface area contributed by atoms with Gasteiger partial charge < -0.3 is 10.0 Å². The predicted octanol–water partition coefficient (Wildman–Crippen LogP) is 0.599. The van der Waals surface area contributed by atoms with Crippen LogP contribution in [0.1, 0.15) is 36.6 Å². The minimum absolute atomic E-state index is 0.00774. The maximum absolute atomic E-state index is 9.25. The Kier molecular flexibility index (Phi) is 3.56. The summed E-state index contributed by atoms with van der Waals surface area (Å²) in [6.45, 7) is 1.81. The summed E-state index contributed by atoms with van der Waals surface area (Å²) in [5.41, 5.74) is 1.93. The summed E-state index contributed by atoms with van der Waals surface area (Å²) < 4.78 is 1.97. The highest BCUT2D eigenvalue weighted by atomic mass is 16.3. The first-order valence-electron chi connectivity index (χ1n) is 5.90. The van der Waals surface area contributed by atoms with Gasteiger partial charge in [-0.25, -0.2) is 4.68 Å². The predicted molar refractivity (Wildman–Crippen MR) is 61.1 cm³/mol. The average Bonchev–Trinajstić information content (AvgIpc) is 2.55. The van der Waals surface area contributed by atoms with Gasteiger partial charge in [-0.05, 0) is 26.9 Å². The van der Waals surface area contributed by atoms with Crippen LogP contribution < -0.4 is 0 Å². The molecule has 90 valence electrons. The van der Waals surface area contributed by atoms with Gasteiger partial charge in [-0.2, -0.15) is 0 Å². The molecule has 1 aliphatic rings. The molecule has 1 N–H and O–H groups in total. The van der Waals surface area contributed by atoms with Crippen molar-refractivity contribution in [1.82, 2.24) is 19.9 Å². The van der Waals surface area contributed by atoms with E-state index in [1.165, 1.54) is 19.3 Å². The Morgan fingerprint density at radius 2 is 2.19 bits per heavy atom. The van der Waals surface area contributed by atoms with Crippen LogP contribution in [0, 0.1) is 0 Å². The van der Waals surface area contributed by atoms with Gasteiger partial charge in [0.25, 0.3) is 0 Å². The molecule has 0 amide bonds. The Morgan fingerprint density at radius 1 is 1.44 bits per heavy atom. The second-order valence-electron chi connectivity index (χ2n) is 4.73. The maximum Gasteiger partial charge on any atom is 0.112 e. The fourth-order valence-corrected chi connectivity index (χ4v) is 2.06. The Morgan fingerprint density at radius 3 is 2.69 bits per heavy atom. The zero-order valence-electron chi connectivity index (χ0n) is 10.1. The first-order chi connectivity index (χ1) is 7.72. The van der Waals surface area contributed by atoms with Crippen molar-refractivity contribution in [3.63, 3.8) is 0 Å². The van der Waals surface area contributed by atoms with Crippen LogP contribution in [0.4, 0.5) is 0 Å². The summed E-state index contributed by atoms with van der Waals surface area (Å²) in [6.07, 6.45) is 3.71. The molecule has 1 heterocycles. The molecule has 0 spiro atoms. The summed E-state index contributed by atoms with van der Waals surface area (Å²) in [4.78, 5) is 2.13. The van der Waals surface area contributed by atoms with Crippen LogP contribution in [-0.2, 0) is 13.2 Å². The molecule has 2 rings (SSSR count). The number of rotatable bonds is 5. The zero-order chi connectivity index (χ0) is 11.5. The fraction of sp³-hybridized carbons (Fsp3) is 0.818. The van der Waals surface area contributed by atoms with Crippen LogP contribution in [0.15, 0.2) is 0 Å². The van der Waals surface area contributed by atoms with E-state index >= 15 is 0 Å². The Bertz CT molecular complexity index is 344. The van der Waals surface area contributed by atoms with Crippen LogP contribution in [0.2, 0.25) is 0 Å². The van der Waals surface area contributed by atoms with Crippen LogP contribution in [0.3, 0.4) is 0 Å². The van der Waals surface area contributed by atoms with Crippen molar-refractivity contribution >= 4 is 0 Å². The molecule has 1 fully saturated rings. The smallest absolute Gasteiger partial charge is 0.112 e. The first-order valence-corrected chi connectivity index (χ1v) is 5.90. The second kappa shape index (κ2) is 4.93. The van der Waals surface area contributed by atoms with Crippen molar-refractivity contribution < 1.29 is 5.11 Å². The lowest BCUT2D eigenvalue weighted by Gasteiger charge is -2.26. The van der Waals surface area contributed by atoms with E-state index in [0.29, 0.717) is 5.92 Å². The summed E-state index contributed by atoms with van der Waals surface area (Å²) in [5, 5.41) is 17.5. The van der Waals surface area contributed by atoms with Gasteiger partial charge in [0.2, 0.25) is 0 Å². The second-order valence-corrected chi connectivity index (χ2v) is 4.73. The number of hydrogen-bond acceptors (Lipinski definition) is 4. The van der Waals surface area contributed by atoms with Crippen LogP contribution in [-0.4, -0.2) is 45.6 Å². The van der Waals surface area contributed by atoms with Crippen LogP contribution in [0.5, 0.6) is 0 Å². The minimum atomic E-state index is 0.00774. The van der Waals surface area contributed by atoms with Gasteiger partial charge in [0.05, 0.1) is 18.8 Å². The first kappa shape index (κ1) is 11.5. The number of aliphatic hydroxyl groups excluding tert-OH is 1. The number of nitrogens with zero attached hydrogens (tertiary/aromatic N) is 4. The van der Waals surface area contributed by atoms with E-state index < -0.39 is 0 Å². The van der Waals surface area contributed by atoms with Crippen molar-refractivity contribution in [2.75, 3.05) is 20.6 Å².